The molecule has 0 aliphatic carbocycles. The van der Waals surface area contributed by atoms with Gasteiger partial charge in [0.1, 0.15) is 22.7 Å². The fraction of sp³-hybridized carbons (Fsp3) is 0.660. The van der Waals surface area contributed by atoms with Gasteiger partial charge >= 0.3 is 12.3 Å². The van der Waals surface area contributed by atoms with E-state index in [0.29, 0.717) is 56.7 Å². The van der Waals surface area contributed by atoms with Gasteiger partial charge in [0.15, 0.2) is 0 Å². The molecule has 0 atom stereocenters. The zero-order chi connectivity index (χ0) is 43.9. The minimum Gasteiger partial charge on any atom is -0.428 e. The van der Waals surface area contributed by atoms with Crippen LogP contribution in [0.25, 0.3) is 0 Å². The first kappa shape index (κ1) is 49.1. The van der Waals surface area contributed by atoms with Gasteiger partial charge in [0.05, 0.1) is 0 Å². The minimum absolute atomic E-state index is 0.0755. The topological polar surface area (TPSA) is 129 Å². The molecule has 10 heteroatoms. The van der Waals surface area contributed by atoms with Gasteiger partial charge in [-0.1, -0.05) is 107 Å². The summed E-state index contributed by atoms with van der Waals surface area (Å²) in [7, 11) is 0. The number of ether oxygens (including phenoxy) is 4. The Labute approximate surface area is 343 Å². The van der Waals surface area contributed by atoms with E-state index in [-0.39, 0.29) is 33.5 Å². The molecule has 0 saturated carbocycles. The normalized spacial score (nSPS) is 12.8. The number of rotatable bonds is 12. The molecule has 0 fully saturated rings. The van der Waals surface area contributed by atoms with Gasteiger partial charge in [0.2, 0.25) is 11.8 Å². The number of hydrogen-bond donors (Lipinski definition) is 2. The lowest BCUT2D eigenvalue weighted by Crippen LogP contribution is -2.30. The van der Waals surface area contributed by atoms with Crippen LogP contribution in [0.4, 0.5) is 9.59 Å². The van der Waals surface area contributed by atoms with Crippen LogP contribution in [0.2, 0.25) is 0 Å². The van der Waals surface area contributed by atoms with Gasteiger partial charge in [-0.25, -0.2) is 9.59 Å². The van der Waals surface area contributed by atoms with E-state index in [9.17, 15) is 19.2 Å². The van der Waals surface area contributed by atoms with Crippen LogP contribution in [-0.2, 0) is 53.6 Å². The smallest absolute Gasteiger partial charge is 0.428 e. The van der Waals surface area contributed by atoms with E-state index in [1.807, 2.05) is 24.3 Å². The van der Waals surface area contributed by atoms with Crippen LogP contribution in [0.3, 0.4) is 0 Å². The average Bonchev–Trinajstić information content (AvgIpc) is 2.99. The van der Waals surface area contributed by atoms with Crippen molar-refractivity contribution in [3.8, 4) is 11.5 Å². The summed E-state index contributed by atoms with van der Waals surface area (Å²) in [6.45, 7) is 36.5. The van der Waals surface area contributed by atoms with Crippen molar-refractivity contribution in [3.05, 3.63) is 57.6 Å². The summed E-state index contributed by atoms with van der Waals surface area (Å²) >= 11 is 0. The minimum atomic E-state index is -0.746. The fourth-order valence-corrected chi connectivity index (χ4v) is 6.06. The molecule has 0 aromatic heterocycles. The maximum Gasteiger partial charge on any atom is 0.514 e. The fourth-order valence-electron chi connectivity index (χ4n) is 6.06. The lowest BCUT2D eigenvalue weighted by Gasteiger charge is -2.30. The van der Waals surface area contributed by atoms with Gasteiger partial charge < -0.3 is 29.6 Å². The summed E-state index contributed by atoms with van der Waals surface area (Å²) in [4.78, 5) is 51.4. The van der Waals surface area contributed by atoms with Crippen molar-refractivity contribution in [2.75, 3.05) is 13.1 Å². The second-order valence-electron chi connectivity index (χ2n) is 21.2. The van der Waals surface area contributed by atoms with E-state index in [4.69, 9.17) is 18.9 Å². The SMILES string of the molecule is CC(C)(C)OC(=O)Oc1c(C(C)(C)C)cc(CCC(=O)NCCCNC(=O)CCc2cc(C(C)(C)C)c(OC(=O)OC(C)(C)C)c(C(C)(C)C)c2)cc1C(C)(C)C. The predicted octanol–water partition coefficient (Wildman–Crippen LogP) is 10.7. The van der Waals surface area contributed by atoms with E-state index >= 15 is 0 Å². The molecular weight excluding hydrogens is 721 g/mol. The predicted molar refractivity (Wildman–Crippen MR) is 229 cm³/mol. The summed E-state index contributed by atoms with van der Waals surface area (Å²) in [5.74, 6) is 0.861. The summed E-state index contributed by atoms with van der Waals surface area (Å²) in [5.41, 5.74) is 2.73. The van der Waals surface area contributed by atoms with Crippen LogP contribution in [0.15, 0.2) is 24.3 Å². The monoisotopic (exact) mass is 795 g/mol. The highest BCUT2D eigenvalue weighted by molar-refractivity contribution is 5.77. The Bertz CT molecular complexity index is 1540. The lowest BCUT2D eigenvalue weighted by molar-refractivity contribution is -0.121. The van der Waals surface area contributed by atoms with E-state index < -0.39 is 23.5 Å². The Balaban J connectivity index is 2.03. The number of amides is 2. The Hall–Kier alpha value is -4.08. The van der Waals surface area contributed by atoms with Gasteiger partial charge in [-0.3, -0.25) is 9.59 Å². The zero-order valence-electron chi connectivity index (χ0n) is 38.5. The highest BCUT2D eigenvalue weighted by atomic mass is 16.7. The van der Waals surface area contributed by atoms with Crippen molar-refractivity contribution in [2.24, 2.45) is 0 Å². The molecule has 0 unspecified atom stereocenters. The van der Waals surface area contributed by atoms with Crippen molar-refractivity contribution in [3.63, 3.8) is 0 Å². The molecule has 57 heavy (non-hydrogen) atoms. The Morgan fingerprint density at radius 1 is 0.456 bits per heavy atom. The second kappa shape index (κ2) is 18.7. The van der Waals surface area contributed by atoms with Crippen molar-refractivity contribution in [2.45, 2.75) is 190 Å². The van der Waals surface area contributed by atoms with Gasteiger partial charge in [-0.15, -0.1) is 0 Å². The van der Waals surface area contributed by atoms with Gasteiger partial charge in [0, 0.05) is 48.2 Å². The van der Waals surface area contributed by atoms with Gasteiger partial charge in [-0.2, -0.15) is 0 Å². The van der Waals surface area contributed by atoms with E-state index in [1.54, 1.807) is 41.5 Å². The highest BCUT2D eigenvalue weighted by Gasteiger charge is 2.32. The molecular formula is C47H74N2O8. The first-order valence-corrected chi connectivity index (χ1v) is 20.4. The second-order valence-corrected chi connectivity index (χ2v) is 21.2. The van der Waals surface area contributed by atoms with E-state index in [2.05, 4.69) is 93.7 Å². The largest absolute Gasteiger partial charge is 0.514 e. The third kappa shape index (κ3) is 16.7. The van der Waals surface area contributed by atoms with Gasteiger partial charge in [-0.05, 0) is 93.6 Å². The van der Waals surface area contributed by atoms with Crippen LogP contribution in [0.5, 0.6) is 11.5 Å². The molecule has 0 spiro atoms. The average molecular weight is 795 g/mol. The van der Waals surface area contributed by atoms with Crippen molar-refractivity contribution in [1.29, 1.82) is 0 Å². The quantitative estimate of drug-likeness (QED) is 0.123. The van der Waals surface area contributed by atoms with Crippen molar-refractivity contribution < 1.29 is 38.1 Å². The zero-order valence-corrected chi connectivity index (χ0v) is 38.5. The Kier molecular flexibility index (Phi) is 16.1. The van der Waals surface area contributed by atoms with Crippen LogP contribution < -0.4 is 20.1 Å². The summed E-state index contributed by atoms with van der Waals surface area (Å²) < 4.78 is 22.7. The Morgan fingerprint density at radius 3 is 0.947 bits per heavy atom. The maximum absolute atomic E-state index is 12.9. The molecule has 0 aliphatic heterocycles. The highest BCUT2D eigenvalue weighted by Crippen LogP contribution is 2.43. The molecule has 0 bridgehead atoms. The molecule has 2 aromatic carbocycles. The molecule has 2 amide bonds. The molecule has 2 rings (SSSR count). The molecule has 0 heterocycles. The van der Waals surface area contributed by atoms with Crippen molar-refractivity contribution in [1.82, 2.24) is 10.6 Å². The number of hydrogen-bond acceptors (Lipinski definition) is 8. The first-order chi connectivity index (χ1) is 25.7. The van der Waals surface area contributed by atoms with Crippen LogP contribution in [-0.4, -0.2) is 48.4 Å². The van der Waals surface area contributed by atoms with Crippen LogP contribution in [0, 0.1) is 0 Å². The number of nitrogens with one attached hydrogen (secondary N) is 2. The van der Waals surface area contributed by atoms with Gasteiger partial charge in [0.25, 0.3) is 0 Å². The van der Waals surface area contributed by atoms with Crippen LogP contribution in [0.1, 0.15) is 177 Å². The summed E-state index contributed by atoms with van der Waals surface area (Å²) in [6.07, 6.45) is 0.721. The molecule has 0 aliphatic rings. The first-order valence-electron chi connectivity index (χ1n) is 20.4. The standard InChI is InChI=1S/C47H74N2O8/c1-42(2,3)32-26-30(27-33(43(4,5)6)38(32)54-40(52)56-46(13,14)15)20-22-36(50)48-24-19-25-49-37(51)23-21-31-28-34(44(7,8)9)39(35(29-31)45(10,11)12)55-41(53)57-47(16,17)18/h26-29H,19-25H2,1-18H3,(H,48,50)(H,49,51). The third-order valence-corrected chi connectivity index (χ3v) is 8.96. The number of benzene rings is 2. The molecule has 0 saturated heterocycles. The summed E-state index contributed by atoms with van der Waals surface area (Å²) in [5, 5.41) is 5.97. The molecule has 0 radical (unpaired) electrons. The maximum atomic E-state index is 12.9. The number of carbonyl (C=O) groups is 4. The third-order valence-electron chi connectivity index (χ3n) is 8.96. The number of carbonyl (C=O) groups excluding carboxylic acids is 4. The van der Waals surface area contributed by atoms with E-state index in [0.717, 1.165) is 33.4 Å². The number of aryl methyl sites for hydroxylation is 2. The molecule has 10 nitrogen and oxygen atoms in total. The molecule has 2 aromatic rings. The van der Waals surface area contributed by atoms with E-state index in [1.165, 1.54) is 0 Å². The van der Waals surface area contributed by atoms with Crippen molar-refractivity contribution >= 4 is 24.1 Å². The Morgan fingerprint density at radius 2 is 0.719 bits per heavy atom. The molecule has 2 N–H and O–H groups in total. The van der Waals surface area contributed by atoms with Crippen LogP contribution >= 0.6 is 0 Å². The molecule has 320 valence electrons. The lowest BCUT2D eigenvalue weighted by atomic mass is 9.78. The summed E-state index contributed by atoms with van der Waals surface area (Å²) in [6, 6.07) is 8.10.